The third-order valence-electron chi connectivity index (χ3n) is 2.58. The summed E-state index contributed by atoms with van der Waals surface area (Å²) in [6.45, 7) is 8.87. The van der Waals surface area contributed by atoms with Crippen molar-refractivity contribution in [2.45, 2.75) is 32.9 Å². The average Bonchev–Trinajstić information content (AvgIpc) is 2.74. The highest BCUT2D eigenvalue weighted by atomic mass is 16.7. The van der Waals surface area contributed by atoms with Crippen molar-refractivity contribution < 1.29 is 14.2 Å². The van der Waals surface area contributed by atoms with E-state index in [2.05, 4.69) is 26.1 Å². The quantitative estimate of drug-likeness (QED) is 0.815. The second-order valence-electron chi connectivity index (χ2n) is 5.33. The first-order chi connectivity index (χ1) is 8.54. The van der Waals surface area contributed by atoms with Gasteiger partial charge in [0.2, 0.25) is 6.79 Å². The van der Waals surface area contributed by atoms with Gasteiger partial charge in [-0.1, -0.05) is 6.07 Å². The summed E-state index contributed by atoms with van der Waals surface area (Å²) in [5.74, 6) is 1.66. The molecule has 0 radical (unpaired) electrons. The van der Waals surface area contributed by atoms with Crippen LogP contribution < -0.4 is 14.8 Å². The van der Waals surface area contributed by atoms with E-state index < -0.39 is 0 Å². The van der Waals surface area contributed by atoms with Crippen LogP contribution >= 0.6 is 0 Å². The van der Waals surface area contributed by atoms with Gasteiger partial charge in [0.1, 0.15) is 0 Å². The van der Waals surface area contributed by atoms with Crippen LogP contribution in [-0.4, -0.2) is 25.5 Å². The molecule has 1 aliphatic rings. The van der Waals surface area contributed by atoms with Crippen molar-refractivity contribution in [2.24, 2.45) is 0 Å². The first-order valence-corrected chi connectivity index (χ1v) is 6.28. The monoisotopic (exact) mass is 251 g/mol. The molecule has 2 rings (SSSR count). The van der Waals surface area contributed by atoms with Gasteiger partial charge in [0.25, 0.3) is 0 Å². The summed E-state index contributed by atoms with van der Waals surface area (Å²) < 4.78 is 16.2. The van der Waals surface area contributed by atoms with Crippen LogP contribution in [0.3, 0.4) is 0 Å². The molecule has 4 heteroatoms. The molecule has 0 saturated heterocycles. The van der Waals surface area contributed by atoms with Gasteiger partial charge in [-0.05, 0) is 38.5 Å². The van der Waals surface area contributed by atoms with Crippen LogP contribution in [0.1, 0.15) is 26.3 Å². The molecule has 100 valence electrons. The number of ether oxygens (including phenoxy) is 3. The summed E-state index contributed by atoms with van der Waals surface area (Å²) in [5.41, 5.74) is 1.12. The number of hydrogen-bond donors (Lipinski definition) is 1. The lowest BCUT2D eigenvalue weighted by molar-refractivity contribution is -0.000885. The van der Waals surface area contributed by atoms with Crippen LogP contribution in [0.2, 0.25) is 0 Å². The van der Waals surface area contributed by atoms with Crippen LogP contribution in [0.4, 0.5) is 0 Å². The Hall–Kier alpha value is -1.26. The Labute approximate surface area is 108 Å². The van der Waals surface area contributed by atoms with Crippen LogP contribution in [-0.2, 0) is 11.3 Å². The predicted octanol–water partition coefficient (Wildman–Crippen LogP) is 2.32. The Morgan fingerprint density at radius 1 is 1.22 bits per heavy atom. The van der Waals surface area contributed by atoms with Gasteiger partial charge in [0.05, 0.1) is 12.2 Å². The molecular formula is C14H21NO3. The molecule has 1 aliphatic heterocycles. The maximum Gasteiger partial charge on any atom is 0.231 e. The van der Waals surface area contributed by atoms with Crippen LogP contribution in [0.5, 0.6) is 11.5 Å². The van der Waals surface area contributed by atoms with E-state index >= 15 is 0 Å². The van der Waals surface area contributed by atoms with Crippen molar-refractivity contribution in [1.82, 2.24) is 5.32 Å². The fourth-order valence-corrected chi connectivity index (χ4v) is 1.71. The van der Waals surface area contributed by atoms with Crippen LogP contribution in [0.25, 0.3) is 0 Å². The van der Waals surface area contributed by atoms with E-state index in [1.54, 1.807) is 0 Å². The first kappa shape index (κ1) is 13.2. The molecule has 0 aliphatic carbocycles. The van der Waals surface area contributed by atoms with Gasteiger partial charge in [0, 0.05) is 13.1 Å². The van der Waals surface area contributed by atoms with Gasteiger partial charge in [-0.3, -0.25) is 0 Å². The molecule has 1 heterocycles. The molecule has 0 saturated carbocycles. The Balaban J connectivity index is 1.71. The summed E-state index contributed by atoms with van der Waals surface area (Å²) in [6, 6.07) is 6.01. The van der Waals surface area contributed by atoms with Gasteiger partial charge in [-0.15, -0.1) is 0 Å². The zero-order chi connectivity index (χ0) is 13.0. The molecule has 1 aromatic carbocycles. The molecule has 0 bridgehead atoms. The highest BCUT2D eigenvalue weighted by molar-refractivity contribution is 5.44. The van der Waals surface area contributed by atoms with E-state index in [0.29, 0.717) is 13.4 Å². The number of rotatable bonds is 5. The Kier molecular flexibility index (Phi) is 4.09. The van der Waals surface area contributed by atoms with Crippen molar-refractivity contribution in [3.05, 3.63) is 23.8 Å². The van der Waals surface area contributed by atoms with Crippen molar-refractivity contribution >= 4 is 0 Å². The average molecular weight is 251 g/mol. The zero-order valence-electron chi connectivity index (χ0n) is 11.3. The lowest BCUT2D eigenvalue weighted by Gasteiger charge is -2.19. The van der Waals surface area contributed by atoms with E-state index in [0.717, 1.165) is 24.6 Å². The van der Waals surface area contributed by atoms with Crippen LogP contribution in [0, 0.1) is 0 Å². The van der Waals surface area contributed by atoms with Gasteiger partial charge >= 0.3 is 0 Å². The third-order valence-corrected chi connectivity index (χ3v) is 2.58. The van der Waals surface area contributed by atoms with Crippen molar-refractivity contribution in [1.29, 1.82) is 0 Å². The minimum absolute atomic E-state index is 0.0690. The minimum Gasteiger partial charge on any atom is -0.454 e. The number of benzene rings is 1. The normalized spacial score (nSPS) is 13.9. The lowest BCUT2D eigenvalue weighted by Crippen LogP contribution is -2.26. The summed E-state index contributed by atoms with van der Waals surface area (Å²) in [5, 5.41) is 3.34. The largest absolute Gasteiger partial charge is 0.454 e. The Bertz CT molecular complexity index is 399. The van der Waals surface area contributed by atoms with Gasteiger partial charge in [-0.25, -0.2) is 0 Å². The molecule has 1 aromatic rings. The molecular weight excluding hydrogens is 230 g/mol. The molecule has 4 nitrogen and oxygen atoms in total. The maximum atomic E-state index is 5.63. The first-order valence-electron chi connectivity index (χ1n) is 6.28. The smallest absolute Gasteiger partial charge is 0.231 e. The molecule has 0 unspecified atom stereocenters. The minimum atomic E-state index is -0.0690. The number of hydrogen-bond acceptors (Lipinski definition) is 4. The molecule has 0 aromatic heterocycles. The Morgan fingerprint density at radius 3 is 2.78 bits per heavy atom. The second kappa shape index (κ2) is 5.59. The molecule has 18 heavy (non-hydrogen) atoms. The number of fused-ring (bicyclic) bond motifs is 1. The maximum absolute atomic E-state index is 5.63. The van der Waals surface area contributed by atoms with Gasteiger partial charge < -0.3 is 19.5 Å². The van der Waals surface area contributed by atoms with E-state index in [1.165, 1.54) is 5.56 Å². The summed E-state index contributed by atoms with van der Waals surface area (Å²) in [7, 11) is 0. The highest BCUT2D eigenvalue weighted by Gasteiger charge is 2.13. The molecule has 1 N–H and O–H groups in total. The molecule has 0 amide bonds. The number of nitrogens with one attached hydrogen (secondary N) is 1. The van der Waals surface area contributed by atoms with E-state index in [9.17, 15) is 0 Å². The highest BCUT2D eigenvalue weighted by Crippen LogP contribution is 2.32. The lowest BCUT2D eigenvalue weighted by atomic mass is 10.2. The van der Waals surface area contributed by atoms with Gasteiger partial charge in [-0.2, -0.15) is 0 Å². The van der Waals surface area contributed by atoms with E-state index in [-0.39, 0.29) is 5.60 Å². The second-order valence-corrected chi connectivity index (χ2v) is 5.33. The topological polar surface area (TPSA) is 39.7 Å². The molecule has 0 spiro atoms. The Morgan fingerprint density at radius 2 is 2.00 bits per heavy atom. The SMILES string of the molecule is CC(C)(C)OCCNCc1ccc2c(c1)OCO2. The zero-order valence-corrected chi connectivity index (χ0v) is 11.3. The van der Waals surface area contributed by atoms with Crippen molar-refractivity contribution in [3.8, 4) is 11.5 Å². The molecule has 0 fully saturated rings. The van der Waals surface area contributed by atoms with Gasteiger partial charge in [0.15, 0.2) is 11.5 Å². The standard InChI is InChI=1S/C14H21NO3/c1-14(2,3)18-7-6-15-9-11-4-5-12-13(8-11)17-10-16-12/h4-5,8,15H,6-7,9-10H2,1-3H3. The summed E-state index contributed by atoms with van der Waals surface area (Å²) in [6.07, 6.45) is 0. The third kappa shape index (κ3) is 3.89. The van der Waals surface area contributed by atoms with E-state index in [1.807, 2.05) is 18.2 Å². The van der Waals surface area contributed by atoms with Crippen molar-refractivity contribution in [2.75, 3.05) is 19.9 Å². The molecule has 0 atom stereocenters. The predicted molar refractivity (Wildman–Crippen MR) is 70.0 cm³/mol. The van der Waals surface area contributed by atoms with Crippen molar-refractivity contribution in [3.63, 3.8) is 0 Å². The summed E-state index contributed by atoms with van der Waals surface area (Å²) >= 11 is 0. The van der Waals surface area contributed by atoms with E-state index in [4.69, 9.17) is 14.2 Å². The fourth-order valence-electron chi connectivity index (χ4n) is 1.71. The van der Waals surface area contributed by atoms with Crippen LogP contribution in [0.15, 0.2) is 18.2 Å². The summed E-state index contributed by atoms with van der Waals surface area (Å²) in [4.78, 5) is 0. The fraction of sp³-hybridized carbons (Fsp3) is 0.571.